The summed E-state index contributed by atoms with van der Waals surface area (Å²) in [5, 5.41) is 10.9. The number of para-hydroxylation sites is 1. The minimum Gasteiger partial charge on any atom is -0.481 e. The number of aryl methyl sites for hydroxylation is 1. The summed E-state index contributed by atoms with van der Waals surface area (Å²) in [6.45, 7) is 0.428. The van der Waals surface area contributed by atoms with Gasteiger partial charge >= 0.3 is 5.97 Å². The number of nitrogens with zero attached hydrogens (tertiary/aromatic N) is 2. The van der Waals surface area contributed by atoms with Crippen molar-refractivity contribution < 1.29 is 19.5 Å². The molecule has 0 unspecified atom stereocenters. The van der Waals surface area contributed by atoms with Crippen LogP contribution in [0.15, 0.2) is 66.0 Å². The second kappa shape index (κ2) is 10.7. The van der Waals surface area contributed by atoms with Crippen LogP contribution in [0.25, 0.3) is 0 Å². The fourth-order valence-electron chi connectivity index (χ4n) is 3.36. The van der Waals surface area contributed by atoms with Crippen molar-refractivity contribution in [2.45, 2.75) is 19.3 Å². The number of hydrogen-bond acceptors (Lipinski definition) is 4. The van der Waals surface area contributed by atoms with E-state index in [1.807, 2.05) is 23.6 Å². The van der Waals surface area contributed by atoms with E-state index in [-0.39, 0.29) is 18.2 Å². The predicted molar refractivity (Wildman–Crippen MR) is 127 cm³/mol. The van der Waals surface area contributed by atoms with Gasteiger partial charge in [-0.05, 0) is 54.1 Å². The van der Waals surface area contributed by atoms with Crippen LogP contribution in [-0.2, 0) is 17.6 Å². The molecule has 166 valence electrons. The molecule has 1 aromatic heterocycles. The summed E-state index contributed by atoms with van der Waals surface area (Å²) in [5.74, 6) is -1.23. The summed E-state index contributed by atoms with van der Waals surface area (Å²) >= 11 is 1.63. The summed E-state index contributed by atoms with van der Waals surface area (Å²) in [5.41, 5.74) is 2.39. The number of benzene rings is 2. The number of hydrogen-bond donors (Lipinski definition) is 1. The number of anilines is 1. The lowest BCUT2D eigenvalue weighted by molar-refractivity contribution is -0.136. The Kier molecular flexibility index (Phi) is 7.78. The number of amides is 2. The van der Waals surface area contributed by atoms with Crippen LogP contribution in [0.2, 0.25) is 0 Å². The molecule has 0 spiro atoms. The van der Waals surface area contributed by atoms with Gasteiger partial charge in [0.1, 0.15) is 0 Å². The molecule has 0 bridgehead atoms. The molecule has 0 saturated heterocycles. The molecule has 3 aromatic rings. The molecule has 2 amide bonds. The molecule has 2 aromatic carbocycles. The fourth-order valence-corrected chi connectivity index (χ4v) is 4.06. The van der Waals surface area contributed by atoms with Crippen molar-refractivity contribution in [3.05, 3.63) is 87.6 Å². The summed E-state index contributed by atoms with van der Waals surface area (Å²) in [6, 6.07) is 18.1. The van der Waals surface area contributed by atoms with Crippen molar-refractivity contribution in [1.82, 2.24) is 4.90 Å². The average Bonchev–Trinajstić information content (AvgIpc) is 3.31. The predicted octanol–water partition coefficient (Wildman–Crippen LogP) is 4.36. The standard InChI is InChI=1S/C25H26N2O4S/c1-26(2)25(31)21-7-3-4-8-22(21)27(16-15-20-6-5-17-32-20)24(30)19-12-9-18(10-13-19)11-14-23(28)29/h3-10,12-13,17H,11,14-16H2,1-2H3,(H,28,29). The number of carbonyl (C=O) groups excluding carboxylic acids is 2. The number of carboxylic acids is 1. The van der Waals surface area contributed by atoms with Crippen molar-refractivity contribution in [3.8, 4) is 0 Å². The van der Waals surface area contributed by atoms with Crippen LogP contribution in [0.5, 0.6) is 0 Å². The molecule has 0 radical (unpaired) electrons. The zero-order valence-electron chi connectivity index (χ0n) is 18.2. The monoisotopic (exact) mass is 450 g/mol. The van der Waals surface area contributed by atoms with Crippen LogP contribution in [0.3, 0.4) is 0 Å². The fraction of sp³-hybridized carbons (Fsp3) is 0.240. The molecular weight excluding hydrogens is 424 g/mol. The van der Waals surface area contributed by atoms with E-state index in [0.29, 0.717) is 36.2 Å². The summed E-state index contributed by atoms with van der Waals surface area (Å²) < 4.78 is 0. The van der Waals surface area contributed by atoms with Gasteiger partial charge in [0.25, 0.3) is 11.8 Å². The van der Waals surface area contributed by atoms with Crippen LogP contribution in [0.4, 0.5) is 5.69 Å². The van der Waals surface area contributed by atoms with E-state index in [4.69, 9.17) is 5.11 Å². The number of carboxylic acid groups (broad SMARTS) is 1. The minimum absolute atomic E-state index is 0.0419. The first kappa shape index (κ1) is 23.2. The van der Waals surface area contributed by atoms with Crippen LogP contribution >= 0.6 is 11.3 Å². The molecule has 7 heteroatoms. The van der Waals surface area contributed by atoms with Gasteiger partial charge < -0.3 is 14.9 Å². The first-order valence-corrected chi connectivity index (χ1v) is 11.2. The molecule has 0 atom stereocenters. The SMILES string of the molecule is CN(C)C(=O)c1ccccc1N(CCc1cccs1)C(=O)c1ccc(CCC(=O)O)cc1. The van der Waals surface area contributed by atoms with E-state index < -0.39 is 5.97 Å². The zero-order chi connectivity index (χ0) is 23.1. The van der Waals surface area contributed by atoms with E-state index in [9.17, 15) is 14.4 Å². The molecule has 1 heterocycles. The number of thiophene rings is 1. The lowest BCUT2D eigenvalue weighted by Crippen LogP contribution is -2.35. The summed E-state index contributed by atoms with van der Waals surface area (Å²) in [7, 11) is 3.37. The highest BCUT2D eigenvalue weighted by atomic mass is 32.1. The largest absolute Gasteiger partial charge is 0.481 e. The quantitative estimate of drug-likeness (QED) is 0.526. The number of rotatable bonds is 9. The maximum absolute atomic E-state index is 13.5. The molecule has 3 rings (SSSR count). The molecule has 0 saturated carbocycles. The highest BCUT2D eigenvalue weighted by Crippen LogP contribution is 2.25. The number of carbonyl (C=O) groups is 3. The number of aliphatic carboxylic acids is 1. The summed E-state index contributed by atoms with van der Waals surface area (Å²) in [4.78, 5) is 41.4. The molecule has 0 aliphatic carbocycles. The second-order valence-electron chi connectivity index (χ2n) is 7.59. The van der Waals surface area contributed by atoms with Crippen LogP contribution in [-0.4, -0.2) is 48.4 Å². The van der Waals surface area contributed by atoms with Crippen molar-refractivity contribution >= 4 is 34.8 Å². The normalized spacial score (nSPS) is 10.6. The maximum Gasteiger partial charge on any atom is 0.303 e. The van der Waals surface area contributed by atoms with Crippen molar-refractivity contribution in [2.24, 2.45) is 0 Å². The van der Waals surface area contributed by atoms with Gasteiger partial charge in [0.15, 0.2) is 0 Å². The minimum atomic E-state index is -0.855. The van der Waals surface area contributed by atoms with Gasteiger partial charge in [-0.2, -0.15) is 0 Å². The third-order valence-electron chi connectivity index (χ3n) is 5.07. The van der Waals surface area contributed by atoms with Gasteiger partial charge in [0.2, 0.25) is 0 Å². The third kappa shape index (κ3) is 5.82. The van der Waals surface area contributed by atoms with Crippen molar-refractivity contribution in [3.63, 3.8) is 0 Å². The van der Waals surface area contributed by atoms with Crippen molar-refractivity contribution in [2.75, 3.05) is 25.5 Å². The zero-order valence-corrected chi connectivity index (χ0v) is 19.0. The van der Waals surface area contributed by atoms with Gasteiger partial charge in [0.05, 0.1) is 11.3 Å². The Morgan fingerprint density at radius 2 is 1.59 bits per heavy atom. The molecule has 32 heavy (non-hydrogen) atoms. The average molecular weight is 451 g/mol. The van der Waals surface area contributed by atoms with Crippen molar-refractivity contribution in [1.29, 1.82) is 0 Å². The molecular formula is C25H26N2O4S. The van der Waals surface area contributed by atoms with Gasteiger partial charge in [-0.25, -0.2) is 0 Å². The first-order chi connectivity index (χ1) is 15.4. The highest BCUT2D eigenvalue weighted by molar-refractivity contribution is 7.09. The van der Waals surface area contributed by atoms with E-state index in [1.54, 1.807) is 72.8 Å². The van der Waals surface area contributed by atoms with Gasteiger partial charge in [0, 0.05) is 37.5 Å². The van der Waals surface area contributed by atoms with Gasteiger partial charge in [-0.3, -0.25) is 14.4 Å². The molecule has 6 nitrogen and oxygen atoms in total. The Bertz CT molecular complexity index is 1080. The van der Waals surface area contributed by atoms with E-state index in [1.165, 1.54) is 4.90 Å². The van der Waals surface area contributed by atoms with Crippen LogP contribution in [0.1, 0.15) is 37.6 Å². The van der Waals surface area contributed by atoms with Crippen LogP contribution in [0, 0.1) is 0 Å². The third-order valence-corrected chi connectivity index (χ3v) is 6.00. The smallest absolute Gasteiger partial charge is 0.303 e. The molecule has 0 aliphatic rings. The topological polar surface area (TPSA) is 77.9 Å². The van der Waals surface area contributed by atoms with E-state index in [2.05, 4.69) is 0 Å². The Morgan fingerprint density at radius 3 is 2.22 bits per heavy atom. The second-order valence-corrected chi connectivity index (χ2v) is 8.63. The lowest BCUT2D eigenvalue weighted by atomic mass is 10.0. The van der Waals surface area contributed by atoms with E-state index >= 15 is 0 Å². The Balaban J connectivity index is 1.92. The molecule has 0 aliphatic heterocycles. The maximum atomic E-state index is 13.5. The Hall–Kier alpha value is -3.45. The van der Waals surface area contributed by atoms with E-state index in [0.717, 1.165) is 10.4 Å². The van der Waals surface area contributed by atoms with Crippen LogP contribution < -0.4 is 4.90 Å². The Labute approximate surface area is 191 Å². The molecule has 0 fully saturated rings. The highest BCUT2D eigenvalue weighted by Gasteiger charge is 2.23. The summed E-state index contributed by atoms with van der Waals surface area (Å²) in [6.07, 6.45) is 1.12. The van der Waals surface area contributed by atoms with Gasteiger partial charge in [-0.15, -0.1) is 11.3 Å². The first-order valence-electron chi connectivity index (χ1n) is 10.3. The van der Waals surface area contributed by atoms with Gasteiger partial charge in [-0.1, -0.05) is 30.3 Å². The molecule has 1 N–H and O–H groups in total. The Morgan fingerprint density at radius 1 is 0.875 bits per heavy atom. The lowest BCUT2D eigenvalue weighted by Gasteiger charge is -2.26.